The van der Waals surface area contributed by atoms with Crippen LogP contribution in [0.2, 0.25) is 0 Å². The first kappa shape index (κ1) is 15.4. The van der Waals surface area contributed by atoms with Crippen LogP contribution in [0.15, 0.2) is 18.2 Å². The largest absolute Gasteiger partial charge is 0.447 e. The van der Waals surface area contributed by atoms with Gasteiger partial charge in [0, 0.05) is 19.0 Å². The number of benzene rings is 1. The number of anilines is 1. The highest BCUT2D eigenvalue weighted by Gasteiger charge is 2.38. The summed E-state index contributed by atoms with van der Waals surface area (Å²) in [6.07, 6.45) is 4.38. The van der Waals surface area contributed by atoms with Gasteiger partial charge in [-0.05, 0) is 37.0 Å². The molecule has 1 saturated carbocycles. The fourth-order valence-corrected chi connectivity index (χ4v) is 4.07. The first-order chi connectivity index (χ1) is 11.6. The molecule has 1 saturated heterocycles. The maximum atomic E-state index is 13.8. The van der Waals surface area contributed by atoms with Crippen LogP contribution in [0.3, 0.4) is 0 Å². The molecule has 2 fully saturated rings. The molecule has 2 amide bonds. The summed E-state index contributed by atoms with van der Waals surface area (Å²) >= 11 is 0. The molecule has 0 spiro atoms. The number of carbonyl (C=O) groups is 2. The number of amides is 2. The van der Waals surface area contributed by atoms with E-state index in [1.807, 2.05) is 4.90 Å². The average Bonchev–Trinajstić information content (AvgIpc) is 3.20. The zero-order valence-electron chi connectivity index (χ0n) is 13.5. The highest BCUT2D eigenvalue weighted by Crippen LogP contribution is 2.34. The highest BCUT2D eigenvalue weighted by atomic mass is 19.1. The van der Waals surface area contributed by atoms with Crippen LogP contribution < -0.4 is 4.90 Å². The highest BCUT2D eigenvalue weighted by molar-refractivity contribution is 5.91. The summed E-state index contributed by atoms with van der Waals surface area (Å²) in [6, 6.07) is 4.29. The minimum atomic E-state index is -0.428. The van der Waals surface area contributed by atoms with Crippen molar-refractivity contribution in [2.24, 2.45) is 5.92 Å². The van der Waals surface area contributed by atoms with Crippen LogP contribution in [0.4, 0.5) is 14.9 Å². The second-order valence-electron chi connectivity index (χ2n) is 6.90. The third-order valence-corrected chi connectivity index (χ3v) is 5.38. The van der Waals surface area contributed by atoms with Crippen molar-refractivity contribution in [1.29, 1.82) is 0 Å². The van der Waals surface area contributed by atoms with Crippen LogP contribution >= 0.6 is 0 Å². The number of hydrogen-bond acceptors (Lipinski definition) is 3. The Morgan fingerprint density at radius 3 is 2.79 bits per heavy atom. The molecule has 1 aromatic rings. The number of halogens is 1. The van der Waals surface area contributed by atoms with Crippen molar-refractivity contribution >= 4 is 17.7 Å². The Morgan fingerprint density at radius 2 is 2.00 bits per heavy atom. The molecule has 3 aliphatic rings. The van der Waals surface area contributed by atoms with Gasteiger partial charge in [-0.25, -0.2) is 9.18 Å². The molecule has 1 aromatic carbocycles. The van der Waals surface area contributed by atoms with Crippen molar-refractivity contribution < 1.29 is 18.7 Å². The molecular formula is C18H21FN2O3. The lowest BCUT2D eigenvalue weighted by Gasteiger charge is -2.33. The fraction of sp³-hybridized carbons (Fsp3) is 0.556. The third kappa shape index (κ3) is 2.64. The first-order valence-electron chi connectivity index (χ1n) is 8.66. The summed E-state index contributed by atoms with van der Waals surface area (Å²) in [4.78, 5) is 28.3. The number of cyclic esters (lactones) is 1. The van der Waals surface area contributed by atoms with E-state index >= 15 is 0 Å². The van der Waals surface area contributed by atoms with E-state index in [4.69, 9.17) is 4.74 Å². The van der Waals surface area contributed by atoms with Gasteiger partial charge in [0.05, 0.1) is 11.7 Å². The van der Waals surface area contributed by atoms with Crippen molar-refractivity contribution in [3.63, 3.8) is 0 Å². The number of hydrogen-bond donors (Lipinski definition) is 0. The van der Waals surface area contributed by atoms with E-state index in [2.05, 4.69) is 0 Å². The lowest BCUT2D eigenvalue weighted by molar-refractivity contribution is -0.136. The molecule has 128 valence electrons. The van der Waals surface area contributed by atoms with Gasteiger partial charge < -0.3 is 9.64 Å². The van der Waals surface area contributed by atoms with Crippen LogP contribution in [-0.4, -0.2) is 36.1 Å². The maximum absolute atomic E-state index is 13.8. The predicted octanol–water partition coefficient (Wildman–Crippen LogP) is 3.07. The molecule has 0 radical (unpaired) electrons. The molecule has 0 aromatic heterocycles. The monoisotopic (exact) mass is 332 g/mol. The summed E-state index contributed by atoms with van der Waals surface area (Å²) < 4.78 is 18.9. The van der Waals surface area contributed by atoms with Crippen molar-refractivity contribution in [3.05, 3.63) is 29.6 Å². The Bertz CT molecular complexity index is 672. The number of rotatable bonds is 1. The van der Waals surface area contributed by atoms with E-state index in [9.17, 15) is 14.0 Å². The summed E-state index contributed by atoms with van der Waals surface area (Å²) in [7, 11) is 0. The zero-order chi connectivity index (χ0) is 16.7. The summed E-state index contributed by atoms with van der Waals surface area (Å²) in [5.41, 5.74) is 1.33. The Balaban J connectivity index is 1.67. The van der Waals surface area contributed by atoms with Gasteiger partial charge >= 0.3 is 6.09 Å². The Labute approximate surface area is 140 Å². The van der Waals surface area contributed by atoms with Crippen molar-refractivity contribution in [2.45, 2.75) is 44.7 Å². The van der Waals surface area contributed by atoms with Gasteiger partial charge in [0.2, 0.25) is 5.91 Å². The number of nitrogens with zero attached hydrogens (tertiary/aromatic N) is 2. The lowest BCUT2D eigenvalue weighted by Crippen LogP contribution is -2.43. The molecule has 0 unspecified atom stereocenters. The fourth-order valence-electron chi connectivity index (χ4n) is 4.07. The Kier molecular flexibility index (Phi) is 3.90. The van der Waals surface area contributed by atoms with E-state index in [0.29, 0.717) is 31.8 Å². The zero-order valence-corrected chi connectivity index (χ0v) is 13.5. The summed E-state index contributed by atoms with van der Waals surface area (Å²) in [6.45, 7) is 1.31. The standard InChI is InChI=1S/C18H21FN2O3/c19-14-6-5-13-10-20(17(22)12-3-1-2-4-12)8-7-15-11-24-18(23)21(15)16(13)9-14/h5-6,9,12,15H,1-4,7-8,10-11H2/t15-/m0/s1. The van der Waals surface area contributed by atoms with Crippen molar-refractivity contribution in [2.75, 3.05) is 18.1 Å². The van der Waals surface area contributed by atoms with Crippen LogP contribution in [0.1, 0.15) is 37.7 Å². The Morgan fingerprint density at radius 1 is 1.21 bits per heavy atom. The molecule has 1 atom stereocenters. The molecule has 24 heavy (non-hydrogen) atoms. The summed E-state index contributed by atoms with van der Waals surface area (Å²) in [5.74, 6) is -0.0752. The normalized spacial score (nSPS) is 24.2. The van der Waals surface area contributed by atoms with Crippen molar-refractivity contribution in [1.82, 2.24) is 4.90 Å². The maximum Gasteiger partial charge on any atom is 0.414 e. The van der Waals surface area contributed by atoms with Gasteiger partial charge in [0.25, 0.3) is 0 Å². The van der Waals surface area contributed by atoms with Gasteiger partial charge in [-0.15, -0.1) is 0 Å². The van der Waals surface area contributed by atoms with Gasteiger partial charge in [0.15, 0.2) is 0 Å². The molecule has 1 aliphatic carbocycles. The molecular weight excluding hydrogens is 311 g/mol. The smallest absolute Gasteiger partial charge is 0.414 e. The van der Waals surface area contributed by atoms with Gasteiger partial charge in [-0.3, -0.25) is 9.69 Å². The van der Waals surface area contributed by atoms with Crippen LogP contribution in [-0.2, 0) is 16.1 Å². The summed E-state index contributed by atoms with van der Waals surface area (Å²) in [5, 5.41) is 0. The number of fused-ring (bicyclic) bond motifs is 3. The van der Waals surface area contributed by atoms with E-state index in [1.165, 1.54) is 12.1 Å². The van der Waals surface area contributed by atoms with Crippen LogP contribution in [0.25, 0.3) is 0 Å². The molecule has 2 heterocycles. The van der Waals surface area contributed by atoms with Gasteiger partial charge in [-0.2, -0.15) is 0 Å². The molecule has 0 bridgehead atoms. The number of ether oxygens (including phenoxy) is 1. The molecule has 5 nitrogen and oxygen atoms in total. The van der Waals surface area contributed by atoms with Gasteiger partial charge in [0.1, 0.15) is 12.4 Å². The minimum absolute atomic E-state index is 0.117. The second-order valence-corrected chi connectivity index (χ2v) is 6.90. The van der Waals surface area contributed by atoms with Crippen molar-refractivity contribution in [3.8, 4) is 0 Å². The molecule has 4 rings (SSSR count). The Hall–Kier alpha value is -2.11. The third-order valence-electron chi connectivity index (χ3n) is 5.38. The quantitative estimate of drug-likeness (QED) is 0.794. The van der Waals surface area contributed by atoms with E-state index in [1.54, 1.807) is 11.0 Å². The van der Waals surface area contributed by atoms with Crippen LogP contribution in [0.5, 0.6) is 0 Å². The van der Waals surface area contributed by atoms with E-state index in [-0.39, 0.29) is 23.7 Å². The van der Waals surface area contributed by atoms with E-state index in [0.717, 1.165) is 31.2 Å². The van der Waals surface area contributed by atoms with E-state index < -0.39 is 6.09 Å². The van der Waals surface area contributed by atoms with Gasteiger partial charge in [-0.1, -0.05) is 18.9 Å². The molecule has 2 aliphatic heterocycles. The second kappa shape index (κ2) is 6.07. The number of carbonyl (C=O) groups excluding carboxylic acids is 2. The lowest BCUT2D eigenvalue weighted by atomic mass is 10.0. The van der Waals surface area contributed by atoms with Crippen LogP contribution in [0, 0.1) is 11.7 Å². The average molecular weight is 332 g/mol. The first-order valence-corrected chi connectivity index (χ1v) is 8.66. The molecule has 6 heteroatoms. The predicted molar refractivity (Wildman–Crippen MR) is 86.0 cm³/mol. The minimum Gasteiger partial charge on any atom is -0.447 e. The SMILES string of the molecule is O=C(C1CCCC1)N1CC[C@H]2COC(=O)N2c2cc(F)ccc2C1. The topological polar surface area (TPSA) is 49.9 Å². The molecule has 0 N–H and O–H groups in total.